The van der Waals surface area contributed by atoms with Crippen LogP contribution in [0.25, 0.3) is 0 Å². The Labute approximate surface area is 152 Å². The van der Waals surface area contributed by atoms with Gasteiger partial charge in [0.2, 0.25) is 0 Å². The van der Waals surface area contributed by atoms with Crippen molar-refractivity contribution in [3.8, 4) is 0 Å². The van der Waals surface area contributed by atoms with Crippen LogP contribution in [-0.4, -0.2) is 12.4 Å². The van der Waals surface area contributed by atoms with E-state index in [0.717, 1.165) is 32.3 Å². The molecule has 0 aliphatic heterocycles. The van der Waals surface area contributed by atoms with E-state index in [1.807, 2.05) is 85.2 Å². The van der Waals surface area contributed by atoms with E-state index in [1.54, 1.807) is 0 Å². The molecule has 0 saturated heterocycles. The van der Waals surface area contributed by atoms with Crippen molar-refractivity contribution >= 4 is 49.1 Å². The number of hydrogen-bond donors (Lipinski definition) is 0. The standard InChI is InChI=1S/C20H16N2S2/c23-19-10-3-1-8-17(19)21-13-15-6-5-7-16(12-15)14-22-18-9-2-4-11-20(18)24/h1-14,23-24H/p-2. The van der Waals surface area contributed by atoms with Gasteiger partial charge in [0.25, 0.3) is 0 Å². The molecule has 0 unspecified atom stereocenters. The maximum absolute atomic E-state index is 5.26. The zero-order chi connectivity index (χ0) is 16.8. The summed E-state index contributed by atoms with van der Waals surface area (Å²) in [6.45, 7) is 0. The highest BCUT2D eigenvalue weighted by molar-refractivity contribution is 7.59. The van der Waals surface area contributed by atoms with Crippen LogP contribution in [0.2, 0.25) is 0 Å². The van der Waals surface area contributed by atoms with Gasteiger partial charge in [-0.15, -0.1) is 9.79 Å². The van der Waals surface area contributed by atoms with Gasteiger partial charge in [-0.1, -0.05) is 54.6 Å². The molecule has 0 atom stereocenters. The van der Waals surface area contributed by atoms with E-state index >= 15 is 0 Å². The zero-order valence-electron chi connectivity index (χ0n) is 12.8. The summed E-state index contributed by atoms with van der Waals surface area (Å²) >= 11 is 10.5. The van der Waals surface area contributed by atoms with Crippen LogP contribution in [-0.2, 0) is 25.3 Å². The summed E-state index contributed by atoms with van der Waals surface area (Å²) in [5.41, 5.74) is 3.57. The summed E-state index contributed by atoms with van der Waals surface area (Å²) in [5, 5.41) is 0. The first-order valence-electron chi connectivity index (χ1n) is 7.43. The first kappa shape index (κ1) is 16.3. The summed E-state index contributed by atoms with van der Waals surface area (Å²) in [6, 6.07) is 23.2. The van der Waals surface area contributed by atoms with Gasteiger partial charge in [0.15, 0.2) is 0 Å². The molecule has 4 heteroatoms. The van der Waals surface area contributed by atoms with Crippen LogP contribution in [0.5, 0.6) is 0 Å². The van der Waals surface area contributed by atoms with Crippen molar-refractivity contribution in [2.75, 3.05) is 0 Å². The molecular formula is C20H14N2S2-2. The molecule has 0 fully saturated rings. The van der Waals surface area contributed by atoms with Gasteiger partial charge in [0.05, 0.1) is 0 Å². The Morgan fingerprint density at radius 3 is 1.50 bits per heavy atom. The summed E-state index contributed by atoms with van der Waals surface area (Å²) < 4.78 is 0. The second-order valence-corrected chi connectivity index (χ2v) is 6.00. The molecule has 0 bridgehead atoms. The van der Waals surface area contributed by atoms with Crippen LogP contribution < -0.4 is 0 Å². The lowest BCUT2D eigenvalue weighted by Crippen LogP contribution is -1.86. The van der Waals surface area contributed by atoms with Crippen molar-refractivity contribution in [1.29, 1.82) is 0 Å². The molecule has 3 aromatic rings. The molecule has 0 aromatic heterocycles. The minimum atomic E-state index is 0.744. The number of nitrogens with zero attached hydrogens (tertiary/aromatic N) is 2. The minimum Gasteiger partial charge on any atom is -0.778 e. The molecule has 24 heavy (non-hydrogen) atoms. The van der Waals surface area contributed by atoms with E-state index in [4.69, 9.17) is 25.3 Å². The normalized spacial score (nSPS) is 11.3. The van der Waals surface area contributed by atoms with Gasteiger partial charge < -0.3 is 25.3 Å². The van der Waals surface area contributed by atoms with Crippen molar-refractivity contribution < 1.29 is 0 Å². The second-order valence-electron chi connectivity index (χ2n) is 5.12. The molecule has 0 heterocycles. The SMILES string of the molecule is [S-]c1ccccc1N=Cc1cccc(C=Nc2ccccc2[S-])c1. The van der Waals surface area contributed by atoms with E-state index in [1.165, 1.54) is 0 Å². The second kappa shape index (κ2) is 7.81. The van der Waals surface area contributed by atoms with Crippen LogP contribution in [0.15, 0.2) is 92.6 Å². The van der Waals surface area contributed by atoms with Gasteiger partial charge in [-0.05, 0) is 29.3 Å². The number of hydrogen-bond acceptors (Lipinski definition) is 4. The molecule has 0 aliphatic carbocycles. The van der Waals surface area contributed by atoms with E-state index in [-0.39, 0.29) is 0 Å². The van der Waals surface area contributed by atoms with Crippen LogP contribution in [0.1, 0.15) is 11.1 Å². The average Bonchev–Trinajstić information content (AvgIpc) is 2.61. The fourth-order valence-corrected chi connectivity index (χ4v) is 2.53. The van der Waals surface area contributed by atoms with Crippen molar-refractivity contribution in [3.05, 3.63) is 83.9 Å². The van der Waals surface area contributed by atoms with Crippen LogP contribution in [0, 0.1) is 0 Å². The Hall–Kier alpha value is -2.56. The van der Waals surface area contributed by atoms with Gasteiger partial charge >= 0.3 is 0 Å². The number of para-hydroxylation sites is 2. The van der Waals surface area contributed by atoms with Gasteiger partial charge in [-0.3, -0.25) is 9.98 Å². The number of rotatable bonds is 4. The predicted octanol–water partition coefficient (Wildman–Crippen LogP) is 5.00. The zero-order valence-corrected chi connectivity index (χ0v) is 14.4. The first-order valence-corrected chi connectivity index (χ1v) is 8.24. The third kappa shape index (κ3) is 4.25. The molecule has 118 valence electrons. The highest BCUT2D eigenvalue weighted by Crippen LogP contribution is 2.19. The lowest BCUT2D eigenvalue weighted by atomic mass is 10.1. The molecule has 0 amide bonds. The maximum Gasteiger partial charge on any atom is 0.0438 e. The fourth-order valence-electron chi connectivity index (χ4n) is 2.14. The molecular weight excluding hydrogens is 332 g/mol. The molecule has 0 radical (unpaired) electrons. The lowest BCUT2D eigenvalue weighted by Gasteiger charge is -2.08. The van der Waals surface area contributed by atoms with Crippen LogP contribution >= 0.6 is 0 Å². The Morgan fingerprint density at radius 1 is 0.583 bits per heavy atom. The molecule has 0 aliphatic rings. The highest BCUT2D eigenvalue weighted by atomic mass is 32.1. The van der Waals surface area contributed by atoms with E-state index in [0.29, 0.717) is 0 Å². The van der Waals surface area contributed by atoms with Crippen molar-refractivity contribution in [2.24, 2.45) is 9.98 Å². The topological polar surface area (TPSA) is 24.7 Å². The number of aliphatic imine (C=N–C) groups is 2. The van der Waals surface area contributed by atoms with Crippen LogP contribution in [0.3, 0.4) is 0 Å². The third-order valence-electron chi connectivity index (χ3n) is 3.35. The highest BCUT2D eigenvalue weighted by Gasteiger charge is 1.93. The lowest BCUT2D eigenvalue weighted by molar-refractivity contribution is 1.38. The predicted molar refractivity (Wildman–Crippen MR) is 105 cm³/mol. The molecule has 2 nitrogen and oxygen atoms in total. The Morgan fingerprint density at radius 2 is 1.04 bits per heavy atom. The quantitative estimate of drug-likeness (QED) is 0.490. The summed E-state index contributed by atoms with van der Waals surface area (Å²) in [5.74, 6) is 0. The molecule has 0 N–H and O–H groups in total. The van der Waals surface area contributed by atoms with Crippen molar-refractivity contribution in [2.45, 2.75) is 9.79 Å². The first-order chi connectivity index (χ1) is 11.7. The Bertz CT molecular complexity index is 831. The molecule has 3 rings (SSSR count). The summed E-state index contributed by atoms with van der Waals surface area (Å²) in [4.78, 5) is 10.4. The molecule has 0 spiro atoms. The third-order valence-corrected chi connectivity index (χ3v) is 4.04. The summed E-state index contributed by atoms with van der Waals surface area (Å²) in [7, 11) is 0. The van der Waals surface area contributed by atoms with Gasteiger partial charge in [-0.2, -0.15) is 0 Å². The van der Waals surface area contributed by atoms with E-state index in [9.17, 15) is 0 Å². The monoisotopic (exact) mass is 346 g/mol. The van der Waals surface area contributed by atoms with E-state index < -0.39 is 0 Å². The minimum absolute atomic E-state index is 0.744. The largest absolute Gasteiger partial charge is 0.778 e. The Balaban J connectivity index is 1.80. The maximum atomic E-state index is 5.26. The molecule has 3 aromatic carbocycles. The van der Waals surface area contributed by atoms with Crippen LogP contribution in [0.4, 0.5) is 11.4 Å². The number of benzene rings is 3. The summed E-state index contributed by atoms with van der Waals surface area (Å²) in [6.07, 6.45) is 3.62. The van der Waals surface area contributed by atoms with Gasteiger partial charge in [0, 0.05) is 23.8 Å². The van der Waals surface area contributed by atoms with E-state index in [2.05, 4.69) is 9.98 Å². The average molecular weight is 346 g/mol. The smallest absolute Gasteiger partial charge is 0.0438 e. The molecule has 0 saturated carbocycles. The van der Waals surface area contributed by atoms with Gasteiger partial charge in [-0.25, -0.2) is 0 Å². The van der Waals surface area contributed by atoms with Crippen molar-refractivity contribution in [1.82, 2.24) is 0 Å². The Kier molecular flexibility index (Phi) is 5.31. The fraction of sp³-hybridized carbons (Fsp3) is 0. The van der Waals surface area contributed by atoms with Crippen molar-refractivity contribution in [3.63, 3.8) is 0 Å². The van der Waals surface area contributed by atoms with Gasteiger partial charge in [0.1, 0.15) is 0 Å².